The lowest BCUT2D eigenvalue weighted by molar-refractivity contribution is -0.127. The van der Waals surface area contributed by atoms with Gasteiger partial charge in [0.05, 0.1) is 11.5 Å². The molecule has 0 bridgehead atoms. The zero-order valence-electron chi connectivity index (χ0n) is 22.4. The van der Waals surface area contributed by atoms with Crippen LogP contribution in [0.4, 0.5) is 16.2 Å². The summed E-state index contributed by atoms with van der Waals surface area (Å²) in [6, 6.07) is 19.3. The van der Waals surface area contributed by atoms with E-state index in [1.54, 1.807) is 54.6 Å². The highest BCUT2D eigenvalue weighted by Crippen LogP contribution is 2.32. The number of hydrogen-bond donors (Lipinski definition) is 2. The quantitative estimate of drug-likeness (QED) is 0.320. The SMILES string of the molecule is CCOc1ccc(NC(=O)CN2C(=O)S/C(=C\c3cccc(OCC(=O)Nc4ccc(C)c(C)c4)c3)C2=O)cc1. The monoisotopic (exact) mass is 559 g/mol. The molecule has 0 atom stereocenters. The van der Waals surface area contributed by atoms with Gasteiger partial charge in [-0.05, 0) is 104 Å². The Morgan fingerprint density at radius 1 is 0.850 bits per heavy atom. The van der Waals surface area contributed by atoms with Crippen LogP contribution in [-0.4, -0.2) is 47.6 Å². The van der Waals surface area contributed by atoms with Crippen LogP contribution in [0.5, 0.6) is 11.5 Å². The number of carbonyl (C=O) groups excluding carboxylic acids is 4. The second kappa shape index (κ2) is 13.0. The van der Waals surface area contributed by atoms with Crippen molar-refractivity contribution in [3.8, 4) is 11.5 Å². The molecule has 0 aliphatic carbocycles. The van der Waals surface area contributed by atoms with Gasteiger partial charge in [-0.15, -0.1) is 0 Å². The van der Waals surface area contributed by atoms with Crippen molar-refractivity contribution in [2.24, 2.45) is 0 Å². The van der Waals surface area contributed by atoms with Crippen molar-refractivity contribution in [2.45, 2.75) is 20.8 Å². The molecule has 9 nitrogen and oxygen atoms in total. The summed E-state index contributed by atoms with van der Waals surface area (Å²) < 4.78 is 11.0. The van der Waals surface area contributed by atoms with Gasteiger partial charge in [-0.1, -0.05) is 18.2 Å². The van der Waals surface area contributed by atoms with Crippen molar-refractivity contribution in [1.29, 1.82) is 0 Å². The third-order valence-electron chi connectivity index (χ3n) is 5.94. The molecule has 1 aliphatic heterocycles. The molecule has 0 radical (unpaired) electrons. The topological polar surface area (TPSA) is 114 Å². The minimum Gasteiger partial charge on any atom is -0.494 e. The number of amides is 4. The Morgan fingerprint density at radius 2 is 1.57 bits per heavy atom. The van der Waals surface area contributed by atoms with E-state index in [2.05, 4.69) is 10.6 Å². The van der Waals surface area contributed by atoms with Crippen LogP contribution in [0.25, 0.3) is 6.08 Å². The number of thioether (sulfide) groups is 1. The van der Waals surface area contributed by atoms with E-state index in [1.165, 1.54) is 0 Å². The maximum absolute atomic E-state index is 12.9. The average molecular weight is 560 g/mol. The molecular formula is C30H29N3O6S. The lowest BCUT2D eigenvalue weighted by atomic mass is 10.1. The fourth-order valence-corrected chi connectivity index (χ4v) is 4.63. The first-order valence-electron chi connectivity index (χ1n) is 12.6. The number of benzene rings is 3. The van der Waals surface area contributed by atoms with Crippen molar-refractivity contribution in [3.05, 3.63) is 88.3 Å². The molecule has 4 rings (SSSR count). The van der Waals surface area contributed by atoms with E-state index >= 15 is 0 Å². The number of rotatable bonds is 10. The summed E-state index contributed by atoms with van der Waals surface area (Å²) in [5, 5.41) is 4.94. The number of ether oxygens (including phenoxy) is 2. The first kappa shape index (κ1) is 28.4. The first-order valence-corrected chi connectivity index (χ1v) is 13.4. The van der Waals surface area contributed by atoms with E-state index in [1.807, 2.05) is 39.0 Å². The fraction of sp³-hybridized carbons (Fsp3) is 0.200. The molecule has 10 heteroatoms. The summed E-state index contributed by atoms with van der Waals surface area (Å²) in [6.45, 7) is 5.77. The van der Waals surface area contributed by atoms with Gasteiger partial charge in [0.15, 0.2) is 6.61 Å². The second-order valence-electron chi connectivity index (χ2n) is 8.98. The zero-order chi connectivity index (χ0) is 28.6. The average Bonchev–Trinajstić information content (AvgIpc) is 3.18. The Labute approximate surface area is 236 Å². The minimum absolute atomic E-state index is 0.184. The van der Waals surface area contributed by atoms with Crippen LogP contribution >= 0.6 is 11.8 Å². The van der Waals surface area contributed by atoms with Crippen LogP contribution in [0.1, 0.15) is 23.6 Å². The van der Waals surface area contributed by atoms with Gasteiger partial charge in [-0.25, -0.2) is 0 Å². The van der Waals surface area contributed by atoms with Gasteiger partial charge in [0.25, 0.3) is 17.1 Å². The Kier molecular flexibility index (Phi) is 9.23. The number of aryl methyl sites for hydroxylation is 2. The molecule has 0 unspecified atom stereocenters. The van der Waals surface area contributed by atoms with Crippen LogP contribution in [-0.2, 0) is 14.4 Å². The van der Waals surface area contributed by atoms with E-state index in [0.717, 1.165) is 27.8 Å². The van der Waals surface area contributed by atoms with Gasteiger partial charge in [-0.2, -0.15) is 0 Å². The standard InChI is InChI=1S/C30H29N3O6S/c1-4-38-24-12-10-22(11-13-24)31-27(34)17-33-29(36)26(40-30(33)37)16-21-6-5-7-25(15-21)39-18-28(35)32-23-9-8-19(2)20(3)14-23/h5-16H,4,17-18H2,1-3H3,(H,31,34)(H,32,35)/b26-16-. The first-order chi connectivity index (χ1) is 19.2. The molecule has 1 aliphatic rings. The highest BCUT2D eigenvalue weighted by molar-refractivity contribution is 8.18. The van der Waals surface area contributed by atoms with Gasteiger partial charge >= 0.3 is 0 Å². The van der Waals surface area contributed by atoms with Crippen molar-refractivity contribution in [1.82, 2.24) is 4.90 Å². The summed E-state index contributed by atoms with van der Waals surface area (Å²) in [6.07, 6.45) is 1.55. The maximum atomic E-state index is 12.9. The van der Waals surface area contributed by atoms with Gasteiger partial charge < -0.3 is 20.1 Å². The van der Waals surface area contributed by atoms with Crippen molar-refractivity contribution in [2.75, 3.05) is 30.4 Å². The third kappa shape index (κ3) is 7.51. The Morgan fingerprint density at radius 3 is 2.30 bits per heavy atom. The lowest BCUT2D eigenvalue weighted by Crippen LogP contribution is -2.36. The third-order valence-corrected chi connectivity index (χ3v) is 6.85. The Bertz CT molecular complexity index is 1470. The molecule has 0 aromatic heterocycles. The molecule has 0 saturated carbocycles. The molecule has 2 N–H and O–H groups in total. The van der Waals surface area contributed by atoms with Gasteiger partial charge in [-0.3, -0.25) is 24.1 Å². The van der Waals surface area contributed by atoms with E-state index in [9.17, 15) is 19.2 Å². The van der Waals surface area contributed by atoms with E-state index in [0.29, 0.717) is 35.0 Å². The summed E-state index contributed by atoms with van der Waals surface area (Å²) in [7, 11) is 0. The molecule has 1 fully saturated rings. The maximum Gasteiger partial charge on any atom is 0.294 e. The highest BCUT2D eigenvalue weighted by atomic mass is 32.2. The van der Waals surface area contributed by atoms with E-state index in [4.69, 9.17) is 9.47 Å². The van der Waals surface area contributed by atoms with Gasteiger partial charge in [0, 0.05) is 11.4 Å². The molecule has 1 heterocycles. The summed E-state index contributed by atoms with van der Waals surface area (Å²) in [4.78, 5) is 51.3. The zero-order valence-corrected chi connectivity index (χ0v) is 23.2. The Balaban J connectivity index is 1.33. The summed E-state index contributed by atoms with van der Waals surface area (Å²) in [5.74, 6) is -0.263. The Hall–Kier alpha value is -4.57. The summed E-state index contributed by atoms with van der Waals surface area (Å²) >= 11 is 0.757. The van der Waals surface area contributed by atoms with Crippen LogP contribution < -0.4 is 20.1 Å². The van der Waals surface area contributed by atoms with Crippen LogP contribution in [0.2, 0.25) is 0 Å². The van der Waals surface area contributed by atoms with Gasteiger partial charge in [0.2, 0.25) is 5.91 Å². The van der Waals surface area contributed by atoms with E-state index < -0.39 is 23.6 Å². The van der Waals surface area contributed by atoms with Crippen LogP contribution in [0.3, 0.4) is 0 Å². The van der Waals surface area contributed by atoms with Gasteiger partial charge in [0.1, 0.15) is 18.0 Å². The van der Waals surface area contributed by atoms with Crippen molar-refractivity contribution in [3.63, 3.8) is 0 Å². The number of anilines is 2. The molecule has 40 heavy (non-hydrogen) atoms. The predicted molar refractivity (Wildman–Crippen MR) is 155 cm³/mol. The fourth-order valence-electron chi connectivity index (χ4n) is 3.79. The van der Waals surface area contributed by atoms with Crippen LogP contribution in [0.15, 0.2) is 71.6 Å². The molecular weight excluding hydrogens is 530 g/mol. The largest absolute Gasteiger partial charge is 0.494 e. The molecule has 206 valence electrons. The number of hydrogen-bond acceptors (Lipinski definition) is 7. The molecule has 4 amide bonds. The smallest absolute Gasteiger partial charge is 0.294 e. The lowest BCUT2D eigenvalue weighted by Gasteiger charge is -2.12. The van der Waals surface area contributed by atoms with Crippen molar-refractivity contribution >= 4 is 52.2 Å². The number of nitrogens with zero attached hydrogens (tertiary/aromatic N) is 1. The normalized spacial score (nSPS) is 13.9. The van der Waals surface area contributed by atoms with E-state index in [-0.39, 0.29) is 17.4 Å². The van der Waals surface area contributed by atoms with Crippen molar-refractivity contribution < 1.29 is 28.7 Å². The van der Waals surface area contributed by atoms with Crippen LogP contribution in [0, 0.1) is 13.8 Å². The highest BCUT2D eigenvalue weighted by Gasteiger charge is 2.36. The number of nitrogens with one attached hydrogen (secondary N) is 2. The molecule has 1 saturated heterocycles. The summed E-state index contributed by atoms with van der Waals surface area (Å²) in [5.41, 5.74) is 4.03. The molecule has 3 aromatic rings. The number of imide groups is 1. The minimum atomic E-state index is -0.559. The number of carbonyl (C=O) groups is 4. The molecule has 3 aromatic carbocycles. The predicted octanol–water partition coefficient (Wildman–Crippen LogP) is 5.39. The molecule has 0 spiro atoms. The second-order valence-corrected chi connectivity index (χ2v) is 9.97.